The molecule has 1 aliphatic heterocycles. The molecule has 8 heteroatoms. The zero-order valence-corrected chi connectivity index (χ0v) is 17.1. The van der Waals surface area contributed by atoms with Gasteiger partial charge in [0.05, 0.1) is 5.92 Å². The van der Waals surface area contributed by atoms with E-state index in [1.807, 2.05) is 12.1 Å². The largest absolute Gasteiger partial charge is 0.352 e. The molecule has 0 aromatic carbocycles. The molecule has 1 N–H and O–H groups in total. The number of amides is 1. The maximum atomic E-state index is 13.2. The highest BCUT2D eigenvalue weighted by atomic mass is 32.2. The average molecular weight is 415 g/mol. The Labute approximate surface area is 171 Å². The summed E-state index contributed by atoms with van der Waals surface area (Å²) in [6.07, 6.45) is 11.3. The van der Waals surface area contributed by atoms with Crippen molar-refractivity contribution < 1.29 is 13.2 Å². The fraction of sp³-hybridized carbons (Fsp3) is 0.476. The summed E-state index contributed by atoms with van der Waals surface area (Å²) in [7, 11) is -3.67. The molecule has 7 nitrogen and oxygen atoms in total. The number of carbonyl (C=O) groups is 1. The molecule has 0 unspecified atom stereocenters. The molecule has 29 heavy (non-hydrogen) atoms. The van der Waals surface area contributed by atoms with Crippen molar-refractivity contribution in [2.75, 3.05) is 13.1 Å². The summed E-state index contributed by atoms with van der Waals surface area (Å²) < 4.78 is 27.8. The molecule has 0 radical (unpaired) electrons. The van der Waals surface area contributed by atoms with Gasteiger partial charge < -0.3 is 5.32 Å². The second-order valence-electron chi connectivity index (χ2n) is 8.04. The van der Waals surface area contributed by atoms with Crippen LogP contribution >= 0.6 is 0 Å². The van der Waals surface area contributed by atoms with E-state index >= 15 is 0 Å². The topological polar surface area (TPSA) is 92.3 Å². The van der Waals surface area contributed by atoms with Gasteiger partial charge in [0.15, 0.2) is 0 Å². The molecule has 1 saturated heterocycles. The number of nitrogens with zero attached hydrogens (tertiary/aromatic N) is 3. The van der Waals surface area contributed by atoms with Gasteiger partial charge in [-0.2, -0.15) is 4.31 Å². The molecule has 2 aromatic rings. The number of aromatic nitrogens is 2. The molecule has 1 saturated carbocycles. The van der Waals surface area contributed by atoms with Gasteiger partial charge in [0, 0.05) is 44.4 Å². The van der Waals surface area contributed by atoms with Crippen molar-refractivity contribution in [2.24, 2.45) is 11.3 Å². The lowest BCUT2D eigenvalue weighted by atomic mass is 9.67. The number of rotatable bonds is 5. The lowest BCUT2D eigenvalue weighted by molar-refractivity contribution is -0.128. The second kappa shape index (κ2) is 8.20. The zero-order chi connectivity index (χ0) is 20.3. The van der Waals surface area contributed by atoms with Gasteiger partial charge in [0.1, 0.15) is 4.90 Å². The van der Waals surface area contributed by atoms with Crippen molar-refractivity contribution in [1.82, 2.24) is 19.6 Å². The summed E-state index contributed by atoms with van der Waals surface area (Å²) in [5.74, 6) is -0.412. The summed E-state index contributed by atoms with van der Waals surface area (Å²) in [5.41, 5.74) is 0.642. The third-order valence-electron chi connectivity index (χ3n) is 6.24. The Morgan fingerprint density at radius 3 is 2.48 bits per heavy atom. The van der Waals surface area contributed by atoms with Gasteiger partial charge in [0.2, 0.25) is 15.9 Å². The molecule has 0 bridgehead atoms. The number of hydrogen-bond acceptors (Lipinski definition) is 5. The first kappa shape index (κ1) is 20.0. The fourth-order valence-electron chi connectivity index (χ4n) is 4.69. The maximum absolute atomic E-state index is 13.2. The minimum atomic E-state index is -3.67. The molecule has 1 atom stereocenters. The highest BCUT2D eigenvalue weighted by Gasteiger charge is 2.53. The third kappa shape index (κ3) is 4.04. The van der Waals surface area contributed by atoms with Crippen LogP contribution in [-0.2, 0) is 21.4 Å². The van der Waals surface area contributed by atoms with Crippen LogP contribution in [0.5, 0.6) is 0 Å². The first-order chi connectivity index (χ1) is 14.0. The standard InChI is InChI=1S/C21H26N4O3S/c26-20(24-13-17-6-4-10-22-12-17)19-15-25(16-21(19)8-2-1-3-9-21)29(27,28)18-7-5-11-23-14-18/h4-7,10-12,14,19H,1-3,8-9,13,15-16H2,(H,24,26)/t19-/m1/s1. The van der Waals surface area contributed by atoms with Crippen LogP contribution in [0.25, 0.3) is 0 Å². The molecule has 4 rings (SSSR count). The Kier molecular flexibility index (Phi) is 5.65. The summed E-state index contributed by atoms with van der Waals surface area (Å²) in [4.78, 5) is 21.3. The molecule has 3 heterocycles. The van der Waals surface area contributed by atoms with Crippen molar-refractivity contribution in [2.45, 2.75) is 43.5 Å². The van der Waals surface area contributed by atoms with Crippen molar-refractivity contribution in [1.29, 1.82) is 0 Å². The molecular weight excluding hydrogens is 388 g/mol. The molecule has 2 aliphatic rings. The molecule has 2 fully saturated rings. The van der Waals surface area contributed by atoms with Gasteiger partial charge >= 0.3 is 0 Å². The molecule has 2 aromatic heterocycles. The first-order valence-electron chi connectivity index (χ1n) is 10.1. The average Bonchev–Trinajstić information content (AvgIpc) is 3.13. The van der Waals surface area contributed by atoms with Crippen molar-refractivity contribution in [3.8, 4) is 0 Å². The lowest BCUT2D eigenvalue weighted by Crippen LogP contribution is -2.42. The Morgan fingerprint density at radius 2 is 1.83 bits per heavy atom. The fourth-order valence-corrected chi connectivity index (χ4v) is 6.21. The highest BCUT2D eigenvalue weighted by molar-refractivity contribution is 7.89. The Morgan fingerprint density at radius 1 is 1.10 bits per heavy atom. The van der Waals surface area contributed by atoms with Crippen molar-refractivity contribution in [3.63, 3.8) is 0 Å². The minimum absolute atomic E-state index is 0.0698. The van der Waals surface area contributed by atoms with Gasteiger partial charge in [-0.25, -0.2) is 8.42 Å². The Hall–Kier alpha value is -2.32. The number of sulfonamides is 1. The van der Waals surface area contributed by atoms with Crippen molar-refractivity contribution in [3.05, 3.63) is 54.6 Å². The lowest BCUT2D eigenvalue weighted by Gasteiger charge is -2.37. The highest BCUT2D eigenvalue weighted by Crippen LogP contribution is 2.48. The Balaban J connectivity index is 1.55. The van der Waals surface area contributed by atoms with Crippen molar-refractivity contribution >= 4 is 15.9 Å². The smallest absolute Gasteiger partial charge is 0.244 e. The maximum Gasteiger partial charge on any atom is 0.244 e. The van der Waals surface area contributed by atoms with Gasteiger partial charge in [0.25, 0.3) is 0 Å². The van der Waals surface area contributed by atoms with E-state index in [4.69, 9.17) is 0 Å². The van der Waals surface area contributed by atoms with E-state index in [0.29, 0.717) is 13.1 Å². The van der Waals surface area contributed by atoms with Crippen LogP contribution in [0, 0.1) is 11.3 Å². The molecule has 1 spiro atoms. The monoisotopic (exact) mass is 414 g/mol. The zero-order valence-electron chi connectivity index (χ0n) is 16.3. The first-order valence-corrected chi connectivity index (χ1v) is 11.5. The normalized spacial score (nSPS) is 21.9. The predicted octanol–water partition coefficient (Wildman–Crippen LogP) is 2.36. The van der Waals surface area contributed by atoms with Gasteiger partial charge in [-0.05, 0) is 42.0 Å². The van der Waals surface area contributed by atoms with Crippen LogP contribution in [0.3, 0.4) is 0 Å². The van der Waals surface area contributed by atoms with E-state index in [0.717, 1.165) is 37.7 Å². The van der Waals surface area contributed by atoms with Crippen LogP contribution in [0.15, 0.2) is 53.9 Å². The number of nitrogens with one attached hydrogen (secondary N) is 1. The molecule has 1 aliphatic carbocycles. The number of pyridine rings is 2. The van der Waals surface area contributed by atoms with Crippen LogP contribution in [0.4, 0.5) is 0 Å². The van der Waals surface area contributed by atoms with Crippen LogP contribution in [0.1, 0.15) is 37.7 Å². The third-order valence-corrected chi connectivity index (χ3v) is 8.04. The Bertz CT molecular complexity index is 944. The van der Waals surface area contributed by atoms with E-state index in [2.05, 4.69) is 15.3 Å². The van der Waals surface area contributed by atoms with E-state index in [9.17, 15) is 13.2 Å². The van der Waals surface area contributed by atoms with E-state index in [1.165, 1.54) is 10.5 Å². The van der Waals surface area contributed by atoms with Gasteiger partial charge in [-0.1, -0.05) is 25.3 Å². The van der Waals surface area contributed by atoms with Gasteiger partial charge in [-0.15, -0.1) is 0 Å². The van der Waals surface area contributed by atoms with Crippen LogP contribution in [-0.4, -0.2) is 41.7 Å². The summed E-state index contributed by atoms with van der Waals surface area (Å²) in [6.45, 7) is 1.01. The van der Waals surface area contributed by atoms with E-state index in [-0.39, 0.29) is 28.7 Å². The molecule has 1 amide bonds. The number of carbonyl (C=O) groups excluding carboxylic acids is 1. The summed E-state index contributed by atoms with van der Waals surface area (Å²) >= 11 is 0. The van der Waals surface area contributed by atoms with Crippen LogP contribution in [0.2, 0.25) is 0 Å². The molecular formula is C21H26N4O3S. The van der Waals surface area contributed by atoms with E-state index in [1.54, 1.807) is 30.7 Å². The summed E-state index contributed by atoms with van der Waals surface area (Å²) in [6, 6.07) is 6.93. The van der Waals surface area contributed by atoms with Gasteiger partial charge in [-0.3, -0.25) is 14.8 Å². The predicted molar refractivity (Wildman–Crippen MR) is 108 cm³/mol. The quantitative estimate of drug-likeness (QED) is 0.811. The van der Waals surface area contributed by atoms with Crippen LogP contribution < -0.4 is 5.32 Å². The summed E-state index contributed by atoms with van der Waals surface area (Å²) in [5, 5.41) is 3.01. The second-order valence-corrected chi connectivity index (χ2v) is 9.98. The van der Waals surface area contributed by atoms with E-state index < -0.39 is 10.0 Å². The number of hydrogen-bond donors (Lipinski definition) is 1. The SMILES string of the molecule is O=C(NCc1cccnc1)[C@H]1CN(S(=O)(=O)c2cccnc2)CC12CCCCC2. The minimum Gasteiger partial charge on any atom is -0.352 e. The molecule has 154 valence electrons.